The lowest BCUT2D eigenvalue weighted by atomic mass is 10.7. The number of hydrogen-bond acceptors (Lipinski definition) is 10. The van der Waals surface area contributed by atoms with E-state index in [4.69, 9.17) is 47.4 Å². The molecule has 1 aliphatic heterocycles. The van der Waals surface area contributed by atoms with Gasteiger partial charge in [-0.15, -0.1) is 0 Å². The molecular formula is C18H36O10. The predicted molar refractivity (Wildman–Crippen MR) is 98.5 cm³/mol. The molecule has 1 fully saturated rings. The Balaban J connectivity index is 2.00. The molecule has 0 N–H and O–H groups in total. The monoisotopic (exact) mass is 412 g/mol. The van der Waals surface area contributed by atoms with Crippen LogP contribution in [-0.2, 0) is 47.4 Å². The zero-order chi connectivity index (χ0) is 19.8. The Morgan fingerprint density at radius 3 is 0.500 bits per heavy atom. The summed E-state index contributed by atoms with van der Waals surface area (Å²) in [6.45, 7) is 8.51. The third-order valence-electron chi connectivity index (χ3n) is 3.31. The first-order chi connectivity index (χ1) is 14.0. The zero-order valence-electron chi connectivity index (χ0n) is 16.8. The van der Waals surface area contributed by atoms with E-state index in [1.165, 1.54) is 0 Å². The molecule has 0 bridgehead atoms. The first-order valence-corrected chi connectivity index (χ1v) is 9.77. The largest absolute Gasteiger partial charge is 0.377 e. The quantitative estimate of drug-likeness (QED) is 0.545. The van der Waals surface area contributed by atoms with Gasteiger partial charge in [0.05, 0.1) is 106 Å². The van der Waals surface area contributed by atoms with Gasteiger partial charge in [0.1, 0.15) is 13.6 Å². The minimum atomic E-state index is 0.224. The summed E-state index contributed by atoms with van der Waals surface area (Å²) < 4.78 is 53.5. The van der Waals surface area contributed by atoms with Crippen molar-refractivity contribution in [2.45, 2.75) is 0 Å². The van der Waals surface area contributed by atoms with E-state index in [0.29, 0.717) is 106 Å². The number of ether oxygens (including phenoxy) is 10. The van der Waals surface area contributed by atoms with Crippen molar-refractivity contribution >= 4 is 0 Å². The highest BCUT2D eigenvalue weighted by Gasteiger charge is 1.96. The second-order valence-corrected chi connectivity index (χ2v) is 5.54. The molecule has 0 radical (unpaired) electrons. The fourth-order valence-electron chi connectivity index (χ4n) is 1.91. The third kappa shape index (κ3) is 20.3. The predicted octanol–water partition coefficient (Wildman–Crippen LogP) is 0.0810. The molecule has 0 aromatic carbocycles. The van der Waals surface area contributed by atoms with E-state index in [2.05, 4.69) is 0 Å². The van der Waals surface area contributed by atoms with Crippen molar-refractivity contribution in [3.05, 3.63) is 0 Å². The van der Waals surface area contributed by atoms with E-state index < -0.39 is 0 Å². The molecule has 0 spiro atoms. The average molecular weight is 412 g/mol. The Hall–Kier alpha value is -0.400. The van der Waals surface area contributed by atoms with Gasteiger partial charge in [-0.3, -0.25) is 0 Å². The van der Waals surface area contributed by atoms with E-state index in [0.717, 1.165) is 0 Å². The van der Waals surface area contributed by atoms with Crippen molar-refractivity contribution in [3.8, 4) is 0 Å². The fraction of sp³-hybridized carbons (Fsp3) is 1.00. The molecule has 0 aliphatic carbocycles. The summed E-state index contributed by atoms with van der Waals surface area (Å²) in [6, 6.07) is 0. The third-order valence-corrected chi connectivity index (χ3v) is 3.31. The highest BCUT2D eigenvalue weighted by Crippen LogP contribution is 1.87. The first kappa shape index (κ1) is 25.6. The van der Waals surface area contributed by atoms with Gasteiger partial charge in [-0.2, -0.15) is 0 Å². The Morgan fingerprint density at radius 2 is 0.321 bits per heavy atom. The van der Waals surface area contributed by atoms with Crippen LogP contribution in [0.2, 0.25) is 0 Å². The fourth-order valence-corrected chi connectivity index (χ4v) is 1.91. The molecule has 168 valence electrons. The van der Waals surface area contributed by atoms with Gasteiger partial charge in [0.25, 0.3) is 0 Å². The van der Waals surface area contributed by atoms with Gasteiger partial charge in [-0.25, -0.2) is 0 Å². The van der Waals surface area contributed by atoms with Crippen LogP contribution in [0.1, 0.15) is 0 Å². The lowest BCUT2D eigenvalue weighted by Gasteiger charge is -2.09. The molecule has 28 heavy (non-hydrogen) atoms. The van der Waals surface area contributed by atoms with Gasteiger partial charge in [-0.1, -0.05) is 0 Å². The van der Waals surface area contributed by atoms with Gasteiger partial charge in [0.2, 0.25) is 0 Å². The molecule has 0 aromatic rings. The summed E-state index contributed by atoms with van der Waals surface area (Å²) in [6.07, 6.45) is 0. The Bertz CT molecular complexity index is 161. The van der Waals surface area contributed by atoms with E-state index in [1.54, 1.807) is 0 Å². The van der Waals surface area contributed by atoms with Crippen molar-refractivity contribution in [1.29, 1.82) is 0 Å². The van der Waals surface area contributed by atoms with Crippen LogP contribution < -0.4 is 0 Å². The summed E-state index contributed by atoms with van der Waals surface area (Å²) in [4.78, 5) is 0. The van der Waals surface area contributed by atoms with Gasteiger partial charge in [-0.05, 0) is 0 Å². The topological polar surface area (TPSA) is 92.3 Å². The molecule has 0 amide bonds. The summed E-state index contributed by atoms with van der Waals surface area (Å²) in [5.41, 5.74) is 0. The van der Waals surface area contributed by atoms with Crippen molar-refractivity contribution < 1.29 is 47.4 Å². The van der Waals surface area contributed by atoms with E-state index in [9.17, 15) is 0 Å². The summed E-state index contributed by atoms with van der Waals surface area (Å²) in [5.74, 6) is 0. The lowest BCUT2D eigenvalue weighted by molar-refractivity contribution is -0.0916. The van der Waals surface area contributed by atoms with Crippen LogP contribution in [-0.4, -0.2) is 119 Å². The Morgan fingerprint density at radius 1 is 0.179 bits per heavy atom. The molecule has 0 saturated carbocycles. The van der Waals surface area contributed by atoms with Gasteiger partial charge < -0.3 is 47.4 Å². The number of hydrogen-bond donors (Lipinski definition) is 0. The maximum Gasteiger partial charge on any atom is 0.146 e. The van der Waals surface area contributed by atoms with Crippen LogP contribution in [0, 0.1) is 0 Å². The first-order valence-electron chi connectivity index (χ1n) is 9.77. The van der Waals surface area contributed by atoms with Gasteiger partial charge >= 0.3 is 0 Å². The number of rotatable bonds is 0. The minimum Gasteiger partial charge on any atom is -0.377 e. The highest BCUT2D eigenvalue weighted by atomic mass is 16.7. The molecule has 0 aromatic heterocycles. The van der Waals surface area contributed by atoms with Crippen LogP contribution in [0.15, 0.2) is 0 Å². The SMILES string of the molecule is C1COCCOCOCCOCCOCCOCCOCOCCOCCO1. The molecule has 1 aliphatic rings. The second-order valence-electron chi connectivity index (χ2n) is 5.54. The highest BCUT2D eigenvalue weighted by molar-refractivity contribution is 4.37. The van der Waals surface area contributed by atoms with Crippen molar-refractivity contribution in [2.24, 2.45) is 0 Å². The minimum absolute atomic E-state index is 0.224. The standard InChI is InChI=1S/C18H36O10/c1-5-21-9-13-25-17-27-15-11-23-7-3-20-4-8-24-12-16-28-18-26-14-10-22-6-2-19-1/h1-18H2. The molecule has 0 atom stereocenters. The second kappa shape index (κ2) is 22.9. The Labute approximate surface area is 167 Å². The summed E-state index contributed by atoms with van der Waals surface area (Å²) in [7, 11) is 0. The van der Waals surface area contributed by atoms with Crippen LogP contribution in [0.4, 0.5) is 0 Å². The molecule has 1 heterocycles. The van der Waals surface area contributed by atoms with E-state index >= 15 is 0 Å². The average Bonchev–Trinajstić information content (AvgIpc) is 2.71. The molecule has 1 saturated heterocycles. The van der Waals surface area contributed by atoms with Crippen LogP contribution in [0.25, 0.3) is 0 Å². The normalized spacial score (nSPS) is 24.0. The Kier molecular flexibility index (Phi) is 21.0. The molecule has 10 nitrogen and oxygen atoms in total. The van der Waals surface area contributed by atoms with Gasteiger partial charge in [0, 0.05) is 0 Å². The van der Waals surface area contributed by atoms with Gasteiger partial charge in [0.15, 0.2) is 0 Å². The van der Waals surface area contributed by atoms with Crippen LogP contribution in [0.3, 0.4) is 0 Å². The summed E-state index contributed by atoms with van der Waals surface area (Å²) >= 11 is 0. The maximum atomic E-state index is 5.40. The van der Waals surface area contributed by atoms with Crippen LogP contribution in [0.5, 0.6) is 0 Å². The smallest absolute Gasteiger partial charge is 0.146 e. The molecular weight excluding hydrogens is 376 g/mol. The zero-order valence-corrected chi connectivity index (χ0v) is 16.8. The van der Waals surface area contributed by atoms with Crippen molar-refractivity contribution in [2.75, 3.05) is 119 Å². The summed E-state index contributed by atoms with van der Waals surface area (Å²) in [5, 5.41) is 0. The molecule has 10 heteroatoms. The van der Waals surface area contributed by atoms with E-state index in [-0.39, 0.29) is 13.6 Å². The van der Waals surface area contributed by atoms with E-state index in [1.807, 2.05) is 0 Å². The maximum absolute atomic E-state index is 5.40. The van der Waals surface area contributed by atoms with Crippen LogP contribution >= 0.6 is 0 Å². The molecule has 1 rings (SSSR count). The molecule has 0 unspecified atom stereocenters. The van der Waals surface area contributed by atoms with Crippen molar-refractivity contribution in [3.63, 3.8) is 0 Å². The van der Waals surface area contributed by atoms with Crippen molar-refractivity contribution in [1.82, 2.24) is 0 Å². The lowest BCUT2D eigenvalue weighted by Crippen LogP contribution is -2.16.